The van der Waals surface area contributed by atoms with Gasteiger partial charge in [-0.2, -0.15) is 0 Å². The van der Waals surface area contributed by atoms with Crippen molar-refractivity contribution in [2.45, 2.75) is 13.0 Å². The third-order valence-electron chi connectivity index (χ3n) is 1.90. The lowest BCUT2D eigenvalue weighted by Gasteiger charge is -2.01. The van der Waals surface area contributed by atoms with Crippen molar-refractivity contribution in [1.29, 1.82) is 0 Å². The summed E-state index contributed by atoms with van der Waals surface area (Å²) in [4.78, 5) is 15.3. The van der Waals surface area contributed by atoms with Crippen molar-refractivity contribution in [2.24, 2.45) is 4.99 Å². The number of ether oxygens (including phenoxy) is 1. The predicted octanol–water partition coefficient (Wildman–Crippen LogP) is 1.70. The van der Waals surface area contributed by atoms with Crippen molar-refractivity contribution in [2.75, 3.05) is 0 Å². The maximum atomic E-state index is 11.2. The smallest absolute Gasteiger partial charge is 0.342 e. The minimum Gasteiger partial charge on any atom is -0.410 e. The molecule has 66 valence electrons. The van der Waals surface area contributed by atoms with Crippen molar-refractivity contribution in [3.63, 3.8) is 0 Å². The van der Waals surface area contributed by atoms with E-state index in [1.807, 2.05) is 30.3 Å². The Morgan fingerprint density at radius 3 is 2.54 bits per heavy atom. The van der Waals surface area contributed by atoms with Crippen molar-refractivity contribution >= 4 is 11.9 Å². The molecule has 0 radical (unpaired) electrons. The molecule has 1 aromatic rings. The second-order valence-corrected chi connectivity index (χ2v) is 2.88. The van der Waals surface area contributed by atoms with E-state index in [0.29, 0.717) is 5.90 Å². The van der Waals surface area contributed by atoms with E-state index >= 15 is 0 Å². The lowest BCUT2D eigenvalue weighted by Crippen LogP contribution is -2.06. The number of nitrogens with zero attached hydrogens (tertiary/aromatic N) is 1. The summed E-state index contributed by atoms with van der Waals surface area (Å²) in [6.07, 6.45) is 0. The first-order chi connectivity index (χ1) is 6.27. The van der Waals surface area contributed by atoms with Crippen molar-refractivity contribution < 1.29 is 9.53 Å². The predicted molar refractivity (Wildman–Crippen MR) is 48.4 cm³/mol. The van der Waals surface area contributed by atoms with E-state index in [0.717, 1.165) is 5.56 Å². The molecule has 3 nitrogen and oxygen atoms in total. The van der Waals surface area contributed by atoms with Crippen LogP contribution < -0.4 is 0 Å². The van der Waals surface area contributed by atoms with Gasteiger partial charge in [0.05, 0.1) is 0 Å². The van der Waals surface area contributed by atoms with Gasteiger partial charge in [-0.15, -0.1) is 0 Å². The summed E-state index contributed by atoms with van der Waals surface area (Å²) in [5, 5.41) is 0. The fourth-order valence-electron chi connectivity index (χ4n) is 1.31. The summed E-state index contributed by atoms with van der Waals surface area (Å²) >= 11 is 0. The zero-order valence-corrected chi connectivity index (χ0v) is 7.23. The molecule has 0 aliphatic carbocycles. The van der Waals surface area contributed by atoms with Crippen LogP contribution in [0.3, 0.4) is 0 Å². The topological polar surface area (TPSA) is 38.7 Å². The summed E-state index contributed by atoms with van der Waals surface area (Å²) in [5.41, 5.74) is 0.879. The van der Waals surface area contributed by atoms with Gasteiger partial charge in [0.1, 0.15) is 0 Å². The zero-order valence-electron chi connectivity index (χ0n) is 7.23. The molecule has 1 atom stereocenters. The standard InChI is InChI=1S/C10H9NO2/c1-7-11-9(10(12)13-7)8-5-3-2-4-6-8/h2-6,9H,1H3/t9-/m1/s1. The average Bonchev–Trinajstić information content (AvgIpc) is 2.47. The van der Waals surface area contributed by atoms with Gasteiger partial charge in [-0.1, -0.05) is 30.3 Å². The molecular formula is C10H9NO2. The van der Waals surface area contributed by atoms with Crippen molar-refractivity contribution in [1.82, 2.24) is 0 Å². The maximum Gasteiger partial charge on any atom is 0.342 e. The van der Waals surface area contributed by atoms with Crippen LogP contribution in [0.2, 0.25) is 0 Å². The van der Waals surface area contributed by atoms with Crippen molar-refractivity contribution in [3.8, 4) is 0 Å². The first kappa shape index (κ1) is 7.98. The molecule has 0 spiro atoms. The largest absolute Gasteiger partial charge is 0.410 e. The molecule has 0 aromatic heterocycles. The number of hydrogen-bond acceptors (Lipinski definition) is 3. The lowest BCUT2D eigenvalue weighted by atomic mass is 10.1. The van der Waals surface area contributed by atoms with Gasteiger partial charge in [0.25, 0.3) is 0 Å². The third kappa shape index (κ3) is 1.45. The minimum absolute atomic E-state index is 0.288. The second-order valence-electron chi connectivity index (χ2n) is 2.88. The maximum absolute atomic E-state index is 11.2. The highest BCUT2D eigenvalue weighted by atomic mass is 16.6. The molecule has 0 saturated heterocycles. The number of cyclic esters (lactones) is 1. The molecular weight excluding hydrogens is 166 g/mol. The number of benzene rings is 1. The van der Waals surface area contributed by atoms with Gasteiger partial charge in [0.2, 0.25) is 0 Å². The molecule has 0 fully saturated rings. The third-order valence-corrected chi connectivity index (χ3v) is 1.90. The Kier molecular flexibility index (Phi) is 1.85. The highest BCUT2D eigenvalue weighted by Crippen LogP contribution is 2.23. The lowest BCUT2D eigenvalue weighted by molar-refractivity contribution is -0.135. The SMILES string of the molecule is CC1=N[C@H](c2ccccc2)C(=O)O1. The number of esters is 1. The Bertz CT molecular complexity index is 356. The molecule has 13 heavy (non-hydrogen) atoms. The number of carbonyl (C=O) groups is 1. The summed E-state index contributed by atoms with van der Waals surface area (Å²) < 4.78 is 4.84. The number of rotatable bonds is 1. The van der Waals surface area contributed by atoms with Gasteiger partial charge >= 0.3 is 5.97 Å². The van der Waals surface area contributed by atoms with E-state index in [-0.39, 0.29) is 5.97 Å². The molecule has 0 saturated carbocycles. The van der Waals surface area contributed by atoms with E-state index in [9.17, 15) is 4.79 Å². The molecule has 1 aromatic carbocycles. The van der Waals surface area contributed by atoms with Gasteiger partial charge in [0.15, 0.2) is 11.9 Å². The Labute approximate surface area is 76.1 Å². The molecule has 0 amide bonds. The second kappa shape index (κ2) is 3.01. The monoisotopic (exact) mass is 175 g/mol. The van der Waals surface area contributed by atoms with Crippen molar-refractivity contribution in [3.05, 3.63) is 35.9 Å². The van der Waals surface area contributed by atoms with Gasteiger partial charge < -0.3 is 4.74 Å². The Balaban J connectivity index is 2.33. The molecule has 1 aliphatic heterocycles. The van der Waals surface area contributed by atoms with Crippen LogP contribution in [0.25, 0.3) is 0 Å². The molecule has 2 rings (SSSR count). The van der Waals surface area contributed by atoms with Crippen LogP contribution in [-0.4, -0.2) is 11.9 Å². The Hall–Kier alpha value is -1.64. The van der Waals surface area contributed by atoms with E-state index in [1.165, 1.54) is 0 Å². The van der Waals surface area contributed by atoms with Gasteiger partial charge in [-0.05, 0) is 5.56 Å². The highest BCUT2D eigenvalue weighted by Gasteiger charge is 2.27. The number of aliphatic imine (C=N–C) groups is 1. The number of hydrogen-bond donors (Lipinski definition) is 0. The van der Waals surface area contributed by atoms with E-state index < -0.39 is 6.04 Å². The molecule has 0 bridgehead atoms. The van der Waals surface area contributed by atoms with E-state index in [1.54, 1.807) is 6.92 Å². The molecule has 3 heteroatoms. The normalized spacial score (nSPS) is 21.2. The van der Waals surface area contributed by atoms with Gasteiger partial charge in [-0.3, -0.25) is 0 Å². The Morgan fingerprint density at radius 2 is 2.00 bits per heavy atom. The molecule has 0 unspecified atom stereocenters. The fourth-order valence-corrected chi connectivity index (χ4v) is 1.31. The van der Waals surface area contributed by atoms with E-state index in [2.05, 4.69) is 4.99 Å². The first-order valence-corrected chi connectivity index (χ1v) is 4.08. The highest BCUT2D eigenvalue weighted by molar-refractivity contribution is 5.96. The number of carbonyl (C=O) groups excluding carboxylic acids is 1. The van der Waals surface area contributed by atoms with E-state index in [4.69, 9.17) is 4.74 Å². The van der Waals surface area contributed by atoms with Crippen LogP contribution in [0, 0.1) is 0 Å². The quantitative estimate of drug-likeness (QED) is 0.609. The summed E-state index contributed by atoms with van der Waals surface area (Å²) in [5.74, 6) is 0.155. The molecule has 0 N–H and O–H groups in total. The summed E-state index contributed by atoms with van der Waals surface area (Å²) in [6, 6.07) is 8.95. The average molecular weight is 175 g/mol. The molecule has 1 heterocycles. The van der Waals surface area contributed by atoms with Crippen LogP contribution in [0.5, 0.6) is 0 Å². The van der Waals surface area contributed by atoms with Crippen LogP contribution in [0.1, 0.15) is 18.5 Å². The van der Waals surface area contributed by atoms with Gasteiger partial charge in [0, 0.05) is 6.92 Å². The first-order valence-electron chi connectivity index (χ1n) is 4.08. The minimum atomic E-state index is -0.457. The van der Waals surface area contributed by atoms with Crippen LogP contribution >= 0.6 is 0 Å². The summed E-state index contributed by atoms with van der Waals surface area (Å²) in [6.45, 7) is 1.68. The fraction of sp³-hybridized carbons (Fsp3) is 0.200. The zero-order chi connectivity index (χ0) is 9.26. The molecule has 1 aliphatic rings. The van der Waals surface area contributed by atoms with Crippen LogP contribution in [0.4, 0.5) is 0 Å². The summed E-state index contributed by atoms with van der Waals surface area (Å²) in [7, 11) is 0. The van der Waals surface area contributed by atoms with Crippen LogP contribution in [-0.2, 0) is 9.53 Å². The Morgan fingerprint density at radius 1 is 1.31 bits per heavy atom. The van der Waals surface area contributed by atoms with Crippen LogP contribution in [0.15, 0.2) is 35.3 Å². The van der Waals surface area contributed by atoms with Gasteiger partial charge in [-0.25, -0.2) is 9.79 Å².